The quantitative estimate of drug-likeness (QED) is 0.349. The lowest BCUT2D eigenvalue weighted by Crippen LogP contribution is -2.54. The Morgan fingerprint density at radius 2 is 1.69 bits per heavy atom. The van der Waals surface area contributed by atoms with Crippen molar-refractivity contribution < 1.29 is 5.11 Å². The highest BCUT2D eigenvalue weighted by atomic mass is 16.3. The van der Waals surface area contributed by atoms with Crippen molar-refractivity contribution >= 4 is 22.2 Å². The molecule has 0 spiro atoms. The summed E-state index contributed by atoms with van der Waals surface area (Å²) in [5.41, 5.74) is 12.2. The molecule has 1 aliphatic carbocycles. The van der Waals surface area contributed by atoms with Crippen molar-refractivity contribution in [2.24, 2.45) is 0 Å². The molecular formula is C31H33N7O. The fourth-order valence-corrected chi connectivity index (χ4v) is 6.20. The van der Waals surface area contributed by atoms with Crippen molar-refractivity contribution in [3.05, 3.63) is 78.9 Å². The number of pyridine rings is 1. The Labute approximate surface area is 227 Å². The smallest absolute Gasteiger partial charge is 0.150 e. The molecule has 7 rings (SSSR count). The normalized spacial score (nSPS) is 20.4. The molecule has 5 aromatic rings. The van der Waals surface area contributed by atoms with Crippen LogP contribution in [0.5, 0.6) is 0 Å². The van der Waals surface area contributed by atoms with Gasteiger partial charge in [-0.15, -0.1) is 0 Å². The van der Waals surface area contributed by atoms with Crippen molar-refractivity contribution in [2.45, 2.75) is 24.8 Å². The first kappa shape index (κ1) is 24.2. The number of aromatic nitrogens is 4. The molecule has 1 saturated heterocycles. The highest BCUT2D eigenvalue weighted by Gasteiger charge is 2.38. The number of anilines is 1. The maximum atomic E-state index is 9.23. The lowest BCUT2D eigenvalue weighted by Gasteiger charge is -2.46. The lowest BCUT2D eigenvalue weighted by atomic mass is 9.78. The first-order valence-corrected chi connectivity index (χ1v) is 13.8. The van der Waals surface area contributed by atoms with Gasteiger partial charge in [-0.05, 0) is 25.0 Å². The van der Waals surface area contributed by atoms with Gasteiger partial charge in [0.25, 0.3) is 0 Å². The zero-order valence-corrected chi connectivity index (χ0v) is 21.9. The number of benzene rings is 2. The Balaban J connectivity index is 1.19. The van der Waals surface area contributed by atoms with Crippen LogP contribution in [0.4, 0.5) is 5.82 Å². The van der Waals surface area contributed by atoms with Gasteiger partial charge in [0.15, 0.2) is 0 Å². The monoisotopic (exact) mass is 519 g/mol. The second-order valence-corrected chi connectivity index (χ2v) is 10.7. The maximum absolute atomic E-state index is 9.23. The summed E-state index contributed by atoms with van der Waals surface area (Å²) in [6, 6.07) is 21.4. The molecular weight excluding hydrogens is 486 g/mol. The van der Waals surface area contributed by atoms with Gasteiger partial charge in [-0.25, -0.2) is 15.0 Å². The van der Waals surface area contributed by atoms with E-state index in [0.29, 0.717) is 17.8 Å². The van der Waals surface area contributed by atoms with Crippen LogP contribution in [0.3, 0.4) is 0 Å². The van der Waals surface area contributed by atoms with Crippen LogP contribution in [0.15, 0.2) is 73.1 Å². The van der Waals surface area contributed by atoms with Crippen LogP contribution in [0.2, 0.25) is 0 Å². The molecule has 0 radical (unpaired) electrons. The molecule has 8 nitrogen and oxygen atoms in total. The van der Waals surface area contributed by atoms with E-state index >= 15 is 0 Å². The van der Waals surface area contributed by atoms with E-state index in [1.54, 1.807) is 6.20 Å². The minimum absolute atomic E-state index is 0.236. The number of nitrogen functional groups attached to an aromatic ring is 1. The summed E-state index contributed by atoms with van der Waals surface area (Å²) in [7, 11) is 0. The predicted molar refractivity (Wildman–Crippen MR) is 154 cm³/mol. The van der Waals surface area contributed by atoms with Crippen LogP contribution >= 0.6 is 0 Å². The highest BCUT2D eigenvalue weighted by molar-refractivity contribution is 5.91. The molecule has 0 amide bonds. The average molecular weight is 520 g/mol. The topological polar surface area (TPSA) is 95.8 Å². The molecule has 2 aliphatic rings. The summed E-state index contributed by atoms with van der Waals surface area (Å²) in [5, 5.41) is 10.3. The third-order valence-corrected chi connectivity index (χ3v) is 8.46. The third kappa shape index (κ3) is 4.44. The third-order valence-electron chi connectivity index (χ3n) is 8.46. The molecule has 0 bridgehead atoms. The molecule has 2 aromatic carbocycles. The average Bonchev–Trinajstić information content (AvgIpc) is 3.34. The van der Waals surface area contributed by atoms with E-state index in [-0.39, 0.29) is 6.61 Å². The number of hydrogen-bond acceptors (Lipinski definition) is 7. The molecule has 8 heteroatoms. The molecule has 198 valence electrons. The van der Waals surface area contributed by atoms with E-state index in [1.165, 1.54) is 0 Å². The Morgan fingerprint density at radius 1 is 0.897 bits per heavy atom. The summed E-state index contributed by atoms with van der Waals surface area (Å²) in [5.74, 6) is 1.94. The van der Waals surface area contributed by atoms with E-state index in [9.17, 15) is 5.11 Å². The Morgan fingerprint density at radius 3 is 2.49 bits per heavy atom. The number of hydrogen-bond donors (Lipinski definition) is 2. The molecule has 0 atom stereocenters. The van der Waals surface area contributed by atoms with Gasteiger partial charge in [0.05, 0.1) is 17.8 Å². The number of aliphatic hydroxyl groups is 1. The molecule has 1 aliphatic heterocycles. The van der Waals surface area contributed by atoms with Crippen molar-refractivity contribution in [3.63, 3.8) is 0 Å². The number of piperazine rings is 1. The highest BCUT2D eigenvalue weighted by Crippen LogP contribution is 2.42. The fourth-order valence-electron chi connectivity index (χ4n) is 6.20. The SMILES string of the molecule is Nc1nccn2c1c(-c1ccc3ccc(-c4ccccc4)nc3c1)nc2[C@H]1C[C@@H](N2CCN(CCO)CC2)C1. The predicted octanol–water partition coefficient (Wildman–Crippen LogP) is 4.05. The van der Waals surface area contributed by atoms with Crippen molar-refractivity contribution in [1.82, 2.24) is 29.2 Å². The van der Waals surface area contributed by atoms with Crippen LogP contribution < -0.4 is 5.73 Å². The summed E-state index contributed by atoms with van der Waals surface area (Å²) in [6.45, 7) is 5.20. The van der Waals surface area contributed by atoms with E-state index < -0.39 is 0 Å². The summed E-state index contributed by atoms with van der Waals surface area (Å²) in [6.07, 6.45) is 5.95. The van der Waals surface area contributed by atoms with Gasteiger partial charge in [-0.1, -0.05) is 48.5 Å². The van der Waals surface area contributed by atoms with Crippen molar-refractivity contribution in [2.75, 3.05) is 45.1 Å². The second-order valence-electron chi connectivity index (χ2n) is 10.7. The molecule has 4 heterocycles. The van der Waals surface area contributed by atoms with Crippen molar-refractivity contribution in [3.8, 4) is 22.5 Å². The van der Waals surface area contributed by atoms with E-state index in [4.69, 9.17) is 15.7 Å². The number of aliphatic hydroxyl groups excluding tert-OH is 1. The van der Waals surface area contributed by atoms with Gasteiger partial charge in [-0.3, -0.25) is 14.2 Å². The van der Waals surface area contributed by atoms with Gasteiger partial charge < -0.3 is 10.8 Å². The van der Waals surface area contributed by atoms with E-state index in [1.807, 2.05) is 24.4 Å². The first-order valence-electron chi connectivity index (χ1n) is 13.8. The zero-order valence-electron chi connectivity index (χ0n) is 21.9. The molecule has 1 saturated carbocycles. The van der Waals surface area contributed by atoms with Crippen LogP contribution in [0.25, 0.3) is 38.9 Å². The van der Waals surface area contributed by atoms with Gasteiger partial charge >= 0.3 is 0 Å². The standard InChI is InChI=1S/C31H33N7O/c32-30-29-28(23-7-6-22-8-9-26(34-27(22)20-23)21-4-2-1-3-5-21)35-31(38(29)11-10-33-30)24-18-25(19-24)37-14-12-36(13-15-37)16-17-39/h1-11,20,24-25,39H,12-19H2,(H2,32,33)/t24-,25+. The van der Waals surface area contributed by atoms with E-state index in [0.717, 1.165) is 90.3 Å². The second kappa shape index (κ2) is 10.0. The van der Waals surface area contributed by atoms with Gasteiger partial charge in [0.1, 0.15) is 22.9 Å². The first-order chi connectivity index (χ1) is 19.2. The maximum Gasteiger partial charge on any atom is 0.150 e. The number of fused-ring (bicyclic) bond motifs is 2. The summed E-state index contributed by atoms with van der Waals surface area (Å²) < 4.78 is 2.15. The minimum Gasteiger partial charge on any atom is -0.395 e. The largest absolute Gasteiger partial charge is 0.395 e. The summed E-state index contributed by atoms with van der Waals surface area (Å²) in [4.78, 5) is 19.5. The lowest BCUT2D eigenvalue weighted by molar-refractivity contribution is 0.0440. The molecule has 3 aromatic heterocycles. The minimum atomic E-state index is 0.236. The Hall–Kier alpha value is -3.85. The molecule has 2 fully saturated rings. The fraction of sp³-hybridized carbons (Fsp3) is 0.323. The van der Waals surface area contributed by atoms with Crippen LogP contribution in [0, 0.1) is 0 Å². The van der Waals surface area contributed by atoms with E-state index in [2.05, 4.69) is 61.6 Å². The molecule has 0 unspecified atom stereocenters. The van der Waals surface area contributed by atoms with Crippen LogP contribution in [-0.4, -0.2) is 79.6 Å². The van der Waals surface area contributed by atoms with Gasteiger partial charge in [0.2, 0.25) is 0 Å². The van der Waals surface area contributed by atoms with Crippen molar-refractivity contribution in [1.29, 1.82) is 0 Å². The van der Waals surface area contributed by atoms with Crippen LogP contribution in [0.1, 0.15) is 24.6 Å². The number of rotatable bonds is 6. The Bertz CT molecular complexity index is 1620. The number of nitrogens with two attached hydrogens (primary N) is 1. The number of nitrogens with zero attached hydrogens (tertiary/aromatic N) is 6. The Kier molecular flexibility index (Phi) is 6.23. The van der Waals surface area contributed by atoms with Gasteiger partial charge in [-0.2, -0.15) is 0 Å². The molecule has 3 N–H and O–H groups in total. The molecule has 39 heavy (non-hydrogen) atoms. The number of imidazole rings is 1. The zero-order chi connectivity index (χ0) is 26.3. The van der Waals surface area contributed by atoms with Gasteiger partial charge in [0, 0.05) is 73.6 Å². The number of β-amino-alcohol motifs (C(OH)–C–C–N with tert-alkyl or cyclic N) is 1. The van der Waals surface area contributed by atoms with Crippen LogP contribution in [-0.2, 0) is 0 Å². The summed E-state index contributed by atoms with van der Waals surface area (Å²) >= 11 is 0.